The van der Waals surface area contributed by atoms with Crippen LogP contribution in [0.4, 0.5) is 0 Å². The van der Waals surface area contributed by atoms with E-state index >= 15 is 0 Å². The first-order valence-corrected chi connectivity index (χ1v) is 0. The fourth-order valence-electron chi connectivity index (χ4n) is 0. The van der Waals surface area contributed by atoms with Gasteiger partial charge in [-0.05, 0) is 0 Å². The molecule has 0 atom stereocenters. The summed E-state index contributed by atoms with van der Waals surface area (Å²) in [5.74, 6) is 0. The third-order valence-electron chi connectivity index (χ3n) is 0. The van der Waals surface area contributed by atoms with Crippen molar-refractivity contribution in [2.75, 3.05) is 0 Å². The van der Waals surface area contributed by atoms with Crippen molar-refractivity contribution in [3.05, 3.63) is 0 Å². The van der Waals surface area contributed by atoms with Gasteiger partial charge in [0.05, 0.1) is 0 Å². The van der Waals surface area contributed by atoms with Crippen LogP contribution in [-0.2, 0) is 0 Å². The van der Waals surface area contributed by atoms with Crippen LogP contribution in [0.2, 0.25) is 0 Å². The third kappa shape index (κ3) is 175. The van der Waals surface area contributed by atoms with E-state index in [0.29, 0.717) is 0 Å². The van der Waals surface area contributed by atoms with Crippen LogP contribution in [0.15, 0.2) is 0 Å². The monoisotopic (exact) mass is 318 g/mol. The van der Waals surface area contributed by atoms with E-state index in [4.69, 9.17) is 0 Å². The van der Waals surface area contributed by atoms with Crippen LogP contribution < -0.4 is 12.4 Å². The fraction of sp³-hybridized carbons (Fsp3) is 0. The molecule has 0 bridgehead atoms. The largest absolute Gasteiger partial charge is 3.00 e. The van der Waals surface area contributed by atoms with Crippen molar-refractivity contribution >= 4 is 0 Å². The van der Waals surface area contributed by atoms with E-state index in [-0.39, 0.29) is 82.1 Å². The van der Waals surface area contributed by atoms with Crippen LogP contribution in [0.1, 0.15) is 0 Å². The van der Waals surface area contributed by atoms with Crippen LogP contribution in [0.25, 0.3) is 0 Å². The predicted molar refractivity (Wildman–Crippen MR) is 21.7 cm³/mol. The molecule has 8 heteroatoms. The molecule has 8 heavy (non-hydrogen) atoms. The number of hydrogen-bond acceptors (Lipinski definition) is 0. The van der Waals surface area contributed by atoms with Crippen molar-refractivity contribution < 1.29 is 82.1 Å². The molecule has 0 aliphatic carbocycles. The summed E-state index contributed by atoms with van der Waals surface area (Å²) < 4.78 is 0. The van der Waals surface area contributed by atoms with Crippen LogP contribution >= 0.6 is 0 Å². The van der Waals surface area contributed by atoms with Gasteiger partial charge in [-0.3, -0.25) is 0 Å². The molecule has 0 aromatic heterocycles. The first-order chi connectivity index (χ1) is 0. The Balaban J connectivity index is 0. The van der Waals surface area contributed by atoms with Gasteiger partial charge in [0.2, 0.25) is 0 Å². The summed E-state index contributed by atoms with van der Waals surface area (Å²) in [6.45, 7) is 0. The standard InChI is InChI=1S/ClH.Lu.6H2O/h1H;;6*1H2/q;+3;;;;;;/p-1. The maximum atomic E-state index is 0. The summed E-state index contributed by atoms with van der Waals surface area (Å²) in [5.41, 5.74) is 0. The minimum Gasteiger partial charge on any atom is -1.00 e. The number of rotatable bonds is 0. The molecule has 0 rings (SSSR count). The van der Waals surface area contributed by atoms with Crippen molar-refractivity contribution in [2.24, 2.45) is 0 Å². The van der Waals surface area contributed by atoms with E-state index in [1.54, 1.807) is 0 Å². The second kappa shape index (κ2) is 267. The van der Waals surface area contributed by atoms with E-state index in [0.717, 1.165) is 0 Å². The third-order valence-corrected chi connectivity index (χ3v) is 0. The Morgan fingerprint density at radius 1 is 0.375 bits per heavy atom. The molecule has 0 aliphatic heterocycles. The second-order valence-corrected chi connectivity index (χ2v) is 0. The van der Waals surface area contributed by atoms with Crippen LogP contribution in [0, 0.1) is 36.9 Å². The van der Waals surface area contributed by atoms with Gasteiger partial charge in [-0.15, -0.1) is 0 Å². The zero-order chi connectivity index (χ0) is 0. The number of hydrogen-bond donors (Lipinski definition) is 0. The van der Waals surface area contributed by atoms with Gasteiger partial charge in [-0.1, -0.05) is 0 Å². The van der Waals surface area contributed by atoms with E-state index in [2.05, 4.69) is 0 Å². The van der Waals surface area contributed by atoms with E-state index in [9.17, 15) is 0 Å². The molecular weight excluding hydrogens is 306 g/mol. The number of halogens is 1. The molecule has 0 spiro atoms. The normalized spacial score (nSPS) is 0. The van der Waals surface area contributed by atoms with E-state index in [1.807, 2.05) is 0 Å². The maximum Gasteiger partial charge on any atom is 3.00 e. The molecule has 0 radical (unpaired) electrons. The molecule has 0 aliphatic rings. The minimum atomic E-state index is 0. The maximum absolute atomic E-state index is 0. The Morgan fingerprint density at radius 2 is 0.375 bits per heavy atom. The van der Waals surface area contributed by atoms with Crippen molar-refractivity contribution in [1.29, 1.82) is 0 Å². The Morgan fingerprint density at radius 3 is 0.375 bits per heavy atom. The molecule has 6 nitrogen and oxygen atoms in total. The second-order valence-electron chi connectivity index (χ2n) is 0. The minimum absolute atomic E-state index is 0. The molecule has 0 saturated carbocycles. The zero-order valence-electron chi connectivity index (χ0n) is 3.64. The molecule has 0 heterocycles. The van der Waals surface area contributed by atoms with Gasteiger partial charge in [0.25, 0.3) is 0 Å². The van der Waals surface area contributed by atoms with E-state index < -0.39 is 0 Å². The van der Waals surface area contributed by atoms with Gasteiger partial charge in [0, 0.05) is 0 Å². The summed E-state index contributed by atoms with van der Waals surface area (Å²) in [7, 11) is 0. The summed E-state index contributed by atoms with van der Waals surface area (Å²) in [5, 5.41) is 0. The Kier molecular flexibility index (Phi) is 12900. The van der Waals surface area contributed by atoms with Crippen LogP contribution in [0.5, 0.6) is 0 Å². The summed E-state index contributed by atoms with van der Waals surface area (Å²) in [4.78, 5) is 0. The molecule has 0 amide bonds. The van der Waals surface area contributed by atoms with Crippen LogP contribution in [0.3, 0.4) is 0 Å². The van der Waals surface area contributed by atoms with Crippen molar-refractivity contribution in [3.8, 4) is 0 Å². The summed E-state index contributed by atoms with van der Waals surface area (Å²) in [6.07, 6.45) is 0. The molecule has 68 valence electrons. The SMILES string of the molecule is O.O.O.O.O.O.[Cl-].[Lu+3]. The van der Waals surface area contributed by atoms with Gasteiger partial charge >= 0.3 is 36.9 Å². The summed E-state index contributed by atoms with van der Waals surface area (Å²) >= 11 is 0. The molecular formula is H12ClLuO6+2. The quantitative estimate of drug-likeness (QED) is 0.410. The zero-order valence-corrected chi connectivity index (χ0v) is 6.05. The predicted octanol–water partition coefficient (Wildman–Crippen LogP) is -7.94. The van der Waals surface area contributed by atoms with Crippen molar-refractivity contribution in [3.63, 3.8) is 0 Å². The van der Waals surface area contributed by atoms with Gasteiger partial charge in [-0.25, -0.2) is 0 Å². The average molecular weight is 319 g/mol. The van der Waals surface area contributed by atoms with Crippen molar-refractivity contribution in [1.82, 2.24) is 0 Å². The molecule has 0 fully saturated rings. The molecule has 12 N–H and O–H groups in total. The molecule has 0 unspecified atom stereocenters. The van der Waals surface area contributed by atoms with Gasteiger partial charge in [0.15, 0.2) is 0 Å². The van der Waals surface area contributed by atoms with Gasteiger partial charge < -0.3 is 45.3 Å². The molecule has 0 aromatic carbocycles. The topological polar surface area (TPSA) is 189 Å². The first-order valence-electron chi connectivity index (χ1n) is 0. The van der Waals surface area contributed by atoms with Crippen molar-refractivity contribution in [2.45, 2.75) is 0 Å². The average Bonchev–Trinajstić information content (AvgIpc) is 0. The smallest absolute Gasteiger partial charge is 1.00 e. The summed E-state index contributed by atoms with van der Waals surface area (Å²) in [6, 6.07) is 0. The fourth-order valence-corrected chi connectivity index (χ4v) is 0. The Labute approximate surface area is 81.7 Å². The molecule has 0 aromatic rings. The Hall–Kier alpha value is 1.28. The van der Waals surface area contributed by atoms with Crippen LogP contribution in [-0.4, -0.2) is 32.9 Å². The van der Waals surface area contributed by atoms with E-state index in [1.165, 1.54) is 0 Å². The first kappa shape index (κ1) is 387. The molecule has 0 saturated heterocycles. The van der Waals surface area contributed by atoms with Gasteiger partial charge in [-0.2, -0.15) is 0 Å². The van der Waals surface area contributed by atoms with Gasteiger partial charge in [0.1, 0.15) is 0 Å². The Bertz CT molecular complexity index is 8.49.